The average molecular weight is 222 g/mol. The Balaban J connectivity index is 2.01. The zero-order chi connectivity index (χ0) is 11.6. The Morgan fingerprint density at radius 1 is 1.50 bits per heavy atom. The van der Waals surface area contributed by atoms with Gasteiger partial charge in [-0.3, -0.25) is 9.48 Å². The predicted molar refractivity (Wildman–Crippen MR) is 61.8 cm³/mol. The van der Waals surface area contributed by atoms with E-state index in [0.29, 0.717) is 5.82 Å². The Kier molecular flexibility index (Phi) is 2.96. The number of carbonyl (C=O) groups is 1. The number of anilines is 1. The monoisotopic (exact) mass is 222 g/mol. The highest BCUT2D eigenvalue weighted by Gasteiger charge is 2.35. The zero-order valence-electron chi connectivity index (χ0n) is 9.57. The van der Waals surface area contributed by atoms with Gasteiger partial charge in [0.2, 0.25) is 5.91 Å². The molecule has 1 aliphatic rings. The van der Waals surface area contributed by atoms with Gasteiger partial charge in [0.15, 0.2) is 5.82 Å². The van der Waals surface area contributed by atoms with Crippen molar-refractivity contribution in [2.75, 3.05) is 5.32 Å². The highest BCUT2D eigenvalue weighted by atomic mass is 16.2. The van der Waals surface area contributed by atoms with Crippen LogP contribution in [-0.2, 0) is 11.8 Å². The topological polar surface area (TPSA) is 72.9 Å². The van der Waals surface area contributed by atoms with Crippen molar-refractivity contribution in [1.82, 2.24) is 9.78 Å². The molecule has 1 amide bonds. The first-order valence-corrected chi connectivity index (χ1v) is 5.70. The number of hydrogen-bond acceptors (Lipinski definition) is 3. The third-order valence-electron chi connectivity index (χ3n) is 3.15. The van der Waals surface area contributed by atoms with E-state index in [1.54, 1.807) is 16.9 Å². The largest absolute Gasteiger partial charge is 0.317 e. The molecule has 88 valence electrons. The molecule has 0 bridgehead atoms. The van der Waals surface area contributed by atoms with Crippen molar-refractivity contribution >= 4 is 11.7 Å². The zero-order valence-corrected chi connectivity index (χ0v) is 9.57. The Labute approximate surface area is 95.0 Å². The average Bonchev–Trinajstić information content (AvgIpc) is 2.65. The van der Waals surface area contributed by atoms with E-state index in [2.05, 4.69) is 10.4 Å². The van der Waals surface area contributed by atoms with E-state index in [-0.39, 0.29) is 5.91 Å². The van der Waals surface area contributed by atoms with Crippen LogP contribution >= 0.6 is 0 Å². The van der Waals surface area contributed by atoms with Gasteiger partial charge in [0.1, 0.15) is 0 Å². The van der Waals surface area contributed by atoms with Crippen LogP contribution in [0.2, 0.25) is 0 Å². The first-order chi connectivity index (χ1) is 7.60. The number of aryl methyl sites for hydroxylation is 1. The molecule has 1 aromatic rings. The summed E-state index contributed by atoms with van der Waals surface area (Å²) in [7, 11) is 1.81. The summed E-state index contributed by atoms with van der Waals surface area (Å²) in [5.41, 5.74) is 5.41. The Hall–Kier alpha value is -1.36. The van der Waals surface area contributed by atoms with Crippen molar-refractivity contribution in [3.8, 4) is 0 Å². The second kappa shape index (κ2) is 4.25. The van der Waals surface area contributed by atoms with Crippen molar-refractivity contribution in [3.63, 3.8) is 0 Å². The minimum atomic E-state index is -0.699. The van der Waals surface area contributed by atoms with Crippen LogP contribution < -0.4 is 11.1 Å². The van der Waals surface area contributed by atoms with Crippen molar-refractivity contribution in [2.24, 2.45) is 12.8 Å². The summed E-state index contributed by atoms with van der Waals surface area (Å²) in [6.07, 6.45) is 6.57. The molecule has 2 rings (SSSR count). The van der Waals surface area contributed by atoms with Crippen LogP contribution in [0.15, 0.2) is 12.3 Å². The lowest BCUT2D eigenvalue weighted by Crippen LogP contribution is -2.52. The van der Waals surface area contributed by atoms with E-state index in [4.69, 9.17) is 5.73 Å². The van der Waals surface area contributed by atoms with E-state index in [0.717, 1.165) is 25.7 Å². The first-order valence-electron chi connectivity index (χ1n) is 5.70. The second-order valence-corrected chi connectivity index (χ2v) is 4.55. The summed E-state index contributed by atoms with van der Waals surface area (Å²) in [5.74, 6) is 0.466. The SMILES string of the molecule is Cn1ccc(NC(=O)C2(N)CCCCC2)n1. The van der Waals surface area contributed by atoms with E-state index < -0.39 is 5.54 Å². The maximum absolute atomic E-state index is 12.0. The van der Waals surface area contributed by atoms with Crippen molar-refractivity contribution < 1.29 is 4.79 Å². The van der Waals surface area contributed by atoms with Crippen LogP contribution in [0.4, 0.5) is 5.82 Å². The lowest BCUT2D eigenvalue weighted by molar-refractivity contribution is -0.122. The highest BCUT2D eigenvalue weighted by Crippen LogP contribution is 2.26. The molecule has 0 atom stereocenters. The molecule has 0 radical (unpaired) electrons. The van der Waals surface area contributed by atoms with E-state index in [1.807, 2.05) is 7.05 Å². The van der Waals surface area contributed by atoms with E-state index in [9.17, 15) is 4.79 Å². The molecule has 16 heavy (non-hydrogen) atoms. The molecule has 0 aromatic carbocycles. The summed E-state index contributed by atoms with van der Waals surface area (Å²) in [6.45, 7) is 0. The number of nitrogens with zero attached hydrogens (tertiary/aromatic N) is 2. The molecule has 1 saturated carbocycles. The fourth-order valence-electron chi connectivity index (χ4n) is 2.13. The van der Waals surface area contributed by atoms with Crippen LogP contribution in [0, 0.1) is 0 Å². The number of aromatic nitrogens is 2. The van der Waals surface area contributed by atoms with Gasteiger partial charge < -0.3 is 11.1 Å². The molecule has 0 aliphatic heterocycles. The molecular weight excluding hydrogens is 204 g/mol. The van der Waals surface area contributed by atoms with Crippen LogP contribution in [0.5, 0.6) is 0 Å². The molecule has 1 aliphatic carbocycles. The Morgan fingerprint density at radius 2 is 2.19 bits per heavy atom. The van der Waals surface area contributed by atoms with Gasteiger partial charge in [0, 0.05) is 19.3 Å². The van der Waals surface area contributed by atoms with Crippen molar-refractivity contribution in [3.05, 3.63) is 12.3 Å². The van der Waals surface area contributed by atoms with Crippen LogP contribution in [0.3, 0.4) is 0 Å². The molecule has 5 heteroatoms. The summed E-state index contributed by atoms with van der Waals surface area (Å²) < 4.78 is 1.65. The molecule has 1 aromatic heterocycles. The van der Waals surface area contributed by atoms with Crippen LogP contribution in [0.1, 0.15) is 32.1 Å². The van der Waals surface area contributed by atoms with Crippen molar-refractivity contribution in [2.45, 2.75) is 37.6 Å². The maximum atomic E-state index is 12.0. The van der Waals surface area contributed by atoms with Gasteiger partial charge in [-0.2, -0.15) is 5.10 Å². The molecule has 5 nitrogen and oxygen atoms in total. The standard InChI is InChI=1S/C11H18N4O/c1-15-8-5-9(14-15)13-10(16)11(12)6-3-2-4-7-11/h5,8H,2-4,6-7,12H2,1H3,(H,13,14,16). The fourth-order valence-corrected chi connectivity index (χ4v) is 2.13. The van der Waals surface area contributed by atoms with E-state index >= 15 is 0 Å². The third-order valence-corrected chi connectivity index (χ3v) is 3.15. The predicted octanol–water partition coefficient (Wildman–Crippen LogP) is 1.02. The lowest BCUT2D eigenvalue weighted by Gasteiger charge is -2.31. The third kappa shape index (κ3) is 2.24. The number of nitrogens with one attached hydrogen (secondary N) is 1. The van der Waals surface area contributed by atoms with Crippen molar-refractivity contribution in [1.29, 1.82) is 0 Å². The number of rotatable bonds is 2. The number of nitrogens with two attached hydrogens (primary N) is 1. The summed E-state index contributed by atoms with van der Waals surface area (Å²) >= 11 is 0. The Bertz CT molecular complexity index is 379. The second-order valence-electron chi connectivity index (χ2n) is 4.55. The van der Waals surface area contributed by atoms with E-state index in [1.165, 1.54) is 6.42 Å². The molecule has 0 saturated heterocycles. The van der Waals surface area contributed by atoms with Crippen LogP contribution in [-0.4, -0.2) is 21.2 Å². The molecular formula is C11H18N4O. The summed E-state index contributed by atoms with van der Waals surface area (Å²) in [6, 6.07) is 1.77. The van der Waals surface area contributed by atoms with Gasteiger partial charge in [0.05, 0.1) is 5.54 Å². The molecule has 3 N–H and O–H groups in total. The van der Waals surface area contributed by atoms with Gasteiger partial charge in [-0.05, 0) is 12.8 Å². The first kappa shape index (κ1) is 11.1. The lowest BCUT2D eigenvalue weighted by atomic mass is 9.82. The minimum absolute atomic E-state index is 0.106. The Morgan fingerprint density at radius 3 is 2.75 bits per heavy atom. The number of carbonyl (C=O) groups excluding carboxylic acids is 1. The molecule has 0 spiro atoms. The normalized spacial score (nSPS) is 19.4. The highest BCUT2D eigenvalue weighted by molar-refractivity contribution is 5.97. The van der Waals surface area contributed by atoms with Gasteiger partial charge in [-0.15, -0.1) is 0 Å². The summed E-state index contributed by atoms with van der Waals surface area (Å²) in [5, 5.41) is 6.88. The minimum Gasteiger partial charge on any atom is -0.317 e. The fraction of sp³-hybridized carbons (Fsp3) is 0.636. The van der Waals surface area contributed by atoms with Gasteiger partial charge in [-0.1, -0.05) is 19.3 Å². The molecule has 1 heterocycles. The maximum Gasteiger partial charge on any atom is 0.245 e. The van der Waals surface area contributed by atoms with Gasteiger partial charge in [-0.25, -0.2) is 0 Å². The van der Waals surface area contributed by atoms with Crippen LogP contribution in [0.25, 0.3) is 0 Å². The summed E-state index contributed by atoms with van der Waals surface area (Å²) in [4.78, 5) is 12.0. The van der Waals surface area contributed by atoms with Gasteiger partial charge in [0.25, 0.3) is 0 Å². The smallest absolute Gasteiger partial charge is 0.245 e. The number of amides is 1. The molecule has 1 fully saturated rings. The number of hydrogen-bond donors (Lipinski definition) is 2. The van der Waals surface area contributed by atoms with Gasteiger partial charge >= 0.3 is 0 Å². The quantitative estimate of drug-likeness (QED) is 0.784. The molecule has 0 unspecified atom stereocenters.